The molecule has 2 aromatic heterocycles. The monoisotopic (exact) mass is 266 g/mol. The highest BCUT2D eigenvalue weighted by atomic mass is 16.5. The third kappa shape index (κ3) is 2.40. The van der Waals surface area contributed by atoms with Gasteiger partial charge in [-0.3, -0.25) is 4.40 Å². The molecule has 0 unspecified atom stereocenters. The molecule has 0 spiro atoms. The van der Waals surface area contributed by atoms with Gasteiger partial charge in [-0.05, 0) is 30.2 Å². The SMILES string of the molecule is Cc1ccn2c(C(=O)OCc3ccccc3)cnc2c1. The molecule has 0 radical (unpaired) electrons. The van der Waals surface area contributed by atoms with Gasteiger partial charge >= 0.3 is 5.97 Å². The maximum atomic E-state index is 12.1. The Morgan fingerprint density at radius 3 is 2.85 bits per heavy atom. The van der Waals surface area contributed by atoms with Gasteiger partial charge in [0, 0.05) is 6.20 Å². The van der Waals surface area contributed by atoms with E-state index in [1.807, 2.05) is 55.6 Å². The van der Waals surface area contributed by atoms with Crippen molar-refractivity contribution >= 4 is 11.6 Å². The number of hydrogen-bond donors (Lipinski definition) is 0. The molecule has 1 aromatic carbocycles. The fourth-order valence-electron chi connectivity index (χ4n) is 2.03. The largest absolute Gasteiger partial charge is 0.456 e. The van der Waals surface area contributed by atoms with Gasteiger partial charge in [0.25, 0.3) is 0 Å². The summed E-state index contributed by atoms with van der Waals surface area (Å²) in [5.74, 6) is -0.370. The Kier molecular flexibility index (Phi) is 3.21. The summed E-state index contributed by atoms with van der Waals surface area (Å²) in [5.41, 5.74) is 3.26. The number of aryl methyl sites for hydroxylation is 1. The van der Waals surface area contributed by atoms with Crippen LogP contribution < -0.4 is 0 Å². The van der Waals surface area contributed by atoms with Crippen molar-refractivity contribution in [2.24, 2.45) is 0 Å². The second-order valence-electron chi connectivity index (χ2n) is 4.64. The van der Waals surface area contributed by atoms with Crippen LogP contribution in [-0.4, -0.2) is 15.4 Å². The van der Waals surface area contributed by atoms with Crippen molar-refractivity contribution in [2.45, 2.75) is 13.5 Å². The minimum Gasteiger partial charge on any atom is -0.456 e. The highest BCUT2D eigenvalue weighted by molar-refractivity contribution is 5.88. The van der Waals surface area contributed by atoms with Gasteiger partial charge in [0.1, 0.15) is 12.3 Å². The fourth-order valence-corrected chi connectivity index (χ4v) is 2.03. The second kappa shape index (κ2) is 5.17. The molecule has 0 bridgehead atoms. The minimum absolute atomic E-state index is 0.263. The van der Waals surface area contributed by atoms with E-state index >= 15 is 0 Å². The number of rotatable bonds is 3. The van der Waals surface area contributed by atoms with Crippen LogP contribution in [0.3, 0.4) is 0 Å². The van der Waals surface area contributed by atoms with E-state index in [4.69, 9.17) is 4.74 Å². The molecule has 4 heteroatoms. The third-order valence-electron chi connectivity index (χ3n) is 3.09. The van der Waals surface area contributed by atoms with Gasteiger partial charge in [-0.1, -0.05) is 30.3 Å². The topological polar surface area (TPSA) is 43.6 Å². The summed E-state index contributed by atoms with van der Waals surface area (Å²) in [6.07, 6.45) is 3.37. The Morgan fingerprint density at radius 1 is 1.25 bits per heavy atom. The molecule has 0 saturated heterocycles. The first-order valence-electron chi connectivity index (χ1n) is 6.39. The summed E-state index contributed by atoms with van der Waals surface area (Å²) in [7, 11) is 0. The lowest BCUT2D eigenvalue weighted by Gasteiger charge is -2.05. The van der Waals surface area contributed by atoms with Gasteiger partial charge in [-0.25, -0.2) is 9.78 Å². The Hall–Kier alpha value is -2.62. The number of carbonyl (C=O) groups excluding carboxylic acids is 1. The Balaban J connectivity index is 1.79. The van der Waals surface area contributed by atoms with E-state index in [2.05, 4.69) is 4.98 Å². The molecule has 4 nitrogen and oxygen atoms in total. The smallest absolute Gasteiger partial charge is 0.357 e. The summed E-state index contributed by atoms with van der Waals surface area (Å²) >= 11 is 0. The van der Waals surface area contributed by atoms with Gasteiger partial charge in [0.15, 0.2) is 5.69 Å². The van der Waals surface area contributed by atoms with Crippen molar-refractivity contribution in [1.82, 2.24) is 9.38 Å². The quantitative estimate of drug-likeness (QED) is 0.684. The van der Waals surface area contributed by atoms with E-state index in [9.17, 15) is 4.79 Å². The number of esters is 1. The minimum atomic E-state index is -0.370. The van der Waals surface area contributed by atoms with Crippen LogP contribution in [0.15, 0.2) is 54.9 Å². The third-order valence-corrected chi connectivity index (χ3v) is 3.09. The summed E-state index contributed by atoms with van der Waals surface area (Å²) in [4.78, 5) is 16.3. The van der Waals surface area contributed by atoms with Crippen LogP contribution in [-0.2, 0) is 11.3 Å². The zero-order valence-corrected chi connectivity index (χ0v) is 11.1. The molecule has 0 N–H and O–H groups in total. The number of ether oxygens (including phenoxy) is 1. The first-order chi connectivity index (χ1) is 9.74. The zero-order valence-electron chi connectivity index (χ0n) is 11.1. The van der Waals surface area contributed by atoms with Crippen LogP contribution in [0.25, 0.3) is 5.65 Å². The summed E-state index contributed by atoms with van der Waals surface area (Å²) < 4.78 is 7.05. The summed E-state index contributed by atoms with van der Waals surface area (Å²) in [6.45, 7) is 2.25. The van der Waals surface area contributed by atoms with Gasteiger partial charge in [-0.2, -0.15) is 0 Å². The lowest BCUT2D eigenvalue weighted by molar-refractivity contribution is 0.0464. The fraction of sp³-hybridized carbons (Fsp3) is 0.125. The van der Waals surface area contributed by atoms with Crippen molar-refractivity contribution in [1.29, 1.82) is 0 Å². The van der Waals surface area contributed by atoms with E-state index in [1.165, 1.54) is 0 Å². The molecule has 0 saturated carbocycles. The Labute approximate surface area is 116 Å². The molecule has 0 aliphatic rings. The lowest BCUT2D eigenvalue weighted by atomic mass is 10.2. The van der Waals surface area contributed by atoms with Gasteiger partial charge in [-0.15, -0.1) is 0 Å². The molecule has 20 heavy (non-hydrogen) atoms. The molecule has 0 aliphatic carbocycles. The molecule has 0 aliphatic heterocycles. The van der Waals surface area contributed by atoms with Crippen molar-refractivity contribution in [2.75, 3.05) is 0 Å². The number of hydrogen-bond acceptors (Lipinski definition) is 3. The molecular weight excluding hydrogens is 252 g/mol. The van der Waals surface area contributed by atoms with E-state index in [0.29, 0.717) is 5.69 Å². The molecule has 2 heterocycles. The van der Waals surface area contributed by atoms with Crippen LogP contribution in [0.2, 0.25) is 0 Å². The van der Waals surface area contributed by atoms with Crippen molar-refractivity contribution in [3.05, 3.63) is 71.7 Å². The van der Waals surface area contributed by atoms with Gasteiger partial charge < -0.3 is 4.74 Å². The number of pyridine rings is 1. The molecule has 3 rings (SSSR count). The van der Waals surface area contributed by atoms with Crippen molar-refractivity contribution in [3.63, 3.8) is 0 Å². The van der Waals surface area contributed by atoms with Crippen LogP contribution in [0.4, 0.5) is 0 Å². The van der Waals surface area contributed by atoms with Gasteiger partial charge in [0.2, 0.25) is 0 Å². The molecule has 0 amide bonds. The zero-order chi connectivity index (χ0) is 13.9. The number of benzene rings is 1. The molecule has 0 atom stereocenters. The normalized spacial score (nSPS) is 10.7. The van der Waals surface area contributed by atoms with Gasteiger partial charge in [0.05, 0.1) is 6.20 Å². The van der Waals surface area contributed by atoms with E-state index in [-0.39, 0.29) is 12.6 Å². The highest BCUT2D eigenvalue weighted by Gasteiger charge is 2.13. The van der Waals surface area contributed by atoms with Crippen LogP contribution in [0, 0.1) is 6.92 Å². The average Bonchev–Trinajstić information content (AvgIpc) is 2.89. The maximum absolute atomic E-state index is 12.1. The summed E-state index contributed by atoms with van der Waals surface area (Å²) in [5, 5.41) is 0. The number of aromatic nitrogens is 2. The maximum Gasteiger partial charge on any atom is 0.357 e. The predicted molar refractivity (Wildman–Crippen MR) is 75.5 cm³/mol. The Morgan fingerprint density at radius 2 is 2.05 bits per heavy atom. The second-order valence-corrected chi connectivity index (χ2v) is 4.64. The first-order valence-corrected chi connectivity index (χ1v) is 6.39. The van der Waals surface area contributed by atoms with E-state index < -0.39 is 0 Å². The average molecular weight is 266 g/mol. The highest BCUT2D eigenvalue weighted by Crippen LogP contribution is 2.11. The predicted octanol–water partition coefficient (Wildman–Crippen LogP) is 3.00. The van der Waals surface area contributed by atoms with Crippen molar-refractivity contribution in [3.8, 4) is 0 Å². The van der Waals surface area contributed by atoms with Crippen LogP contribution in [0.5, 0.6) is 0 Å². The number of nitrogens with zero attached hydrogens (tertiary/aromatic N) is 2. The molecule has 0 fully saturated rings. The number of imidazole rings is 1. The van der Waals surface area contributed by atoms with E-state index in [0.717, 1.165) is 16.8 Å². The first kappa shape index (κ1) is 12.4. The van der Waals surface area contributed by atoms with Crippen LogP contribution in [0.1, 0.15) is 21.6 Å². The number of carbonyl (C=O) groups is 1. The molecule has 3 aromatic rings. The van der Waals surface area contributed by atoms with Crippen molar-refractivity contribution < 1.29 is 9.53 Å². The molecular formula is C16H14N2O2. The van der Waals surface area contributed by atoms with E-state index in [1.54, 1.807) is 10.6 Å². The van der Waals surface area contributed by atoms with Crippen LogP contribution >= 0.6 is 0 Å². The standard InChI is InChI=1S/C16H14N2O2/c1-12-7-8-18-14(10-17-15(18)9-12)16(19)20-11-13-5-3-2-4-6-13/h2-10H,11H2,1H3. The lowest BCUT2D eigenvalue weighted by Crippen LogP contribution is -2.08. The Bertz CT molecular complexity index is 748. The summed E-state index contributed by atoms with van der Waals surface area (Å²) in [6, 6.07) is 13.5. The molecule has 100 valence electrons. The number of fused-ring (bicyclic) bond motifs is 1.